The van der Waals surface area contributed by atoms with Gasteiger partial charge in [-0.25, -0.2) is 9.50 Å². The van der Waals surface area contributed by atoms with Crippen LogP contribution in [0.3, 0.4) is 0 Å². The average Bonchev–Trinajstić information content (AvgIpc) is 3.67. The molecule has 0 bridgehead atoms. The lowest BCUT2D eigenvalue weighted by atomic mass is 10.0. The van der Waals surface area contributed by atoms with Gasteiger partial charge in [0.05, 0.1) is 34.9 Å². The number of imidazole rings is 1. The molecule has 4 aromatic rings. The molecular formula is C29H28N6O2. The predicted octanol–water partition coefficient (Wildman–Crippen LogP) is 4.67. The van der Waals surface area contributed by atoms with Crippen LogP contribution in [-0.4, -0.2) is 46.3 Å². The van der Waals surface area contributed by atoms with Crippen LogP contribution in [0.5, 0.6) is 0 Å². The maximum Gasteiger partial charge on any atom is 0.251 e. The van der Waals surface area contributed by atoms with Gasteiger partial charge in [0.2, 0.25) is 0 Å². The molecule has 8 heteroatoms. The number of amides is 1. The number of benzene rings is 2. The summed E-state index contributed by atoms with van der Waals surface area (Å²) in [6.45, 7) is 2.44. The summed E-state index contributed by atoms with van der Waals surface area (Å²) in [5.74, 6) is 0.511. The van der Waals surface area contributed by atoms with E-state index in [0.29, 0.717) is 23.1 Å². The maximum atomic E-state index is 12.4. The first kappa shape index (κ1) is 23.2. The molecule has 1 amide bonds. The van der Waals surface area contributed by atoms with E-state index in [1.165, 1.54) is 0 Å². The lowest BCUT2D eigenvalue weighted by Crippen LogP contribution is -2.25. The lowest BCUT2D eigenvalue weighted by molar-refractivity contribution is 0.0699. The molecule has 2 aromatic carbocycles. The number of aromatic nitrogens is 3. The number of nitrogens with one attached hydrogen (secondary N) is 2. The molecule has 37 heavy (non-hydrogen) atoms. The molecule has 2 aliphatic rings. The molecule has 0 radical (unpaired) electrons. The van der Waals surface area contributed by atoms with E-state index in [1.807, 2.05) is 53.2 Å². The molecule has 8 nitrogen and oxygen atoms in total. The highest BCUT2D eigenvalue weighted by Gasteiger charge is 2.24. The van der Waals surface area contributed by atoms with Gasteiger partial charge in [0, 0.05) is 42.5 Å². The first-order chi connectivity index (χ1) is 18.2. The quantitative estimate of drug-likeness (QED) is 0.389. The Labute approximate surface area is 215 Å². The summed E-state index contributed by atoms with van der Waals surface area (Å²) in [4.78, 5) is 17.1. The highest BCUT2D eigenvalue weighted by Crippen LogP contribution is 2.29. The molecule has 0 unspecified atom stereocenters. The van der Waals surface area contributed by atoms with Crippen molar-refractivity contribution in [2.24, 2.45) is 5.92 Å². The summed E-state index contributed by atoms with van der Waals surface area (Å²) in [5.41, 5.74) is 6.38. The van der Waals surface area contributed by atoms with Crippen LogP contribution in [0, 0.1) is 17.2 Å². The largest absolute Gasteiger partial charge is 0.382 e. The summed E-state index contributed by atoms with van der Waals surface area (Å²) in [7, 11) is 0. The fourth-order valence-corrected chi connectivity index (χ4v) is 4.65. The van der Waals surface area contributed by atoms with Crippen molar-refractivity contribution in [3.05, 3.63) is 71.9 Å². The molecule has 2 fully saturated rings. The van der Waals surface area contributed by atoms with E-state index in [0.717, 1.165) is 79.3 Å². The van der Waals surface area contributed by atoms with Crippen LogP contribution < -0.4 is 10.6 Å². The number of nitriles is 1. The van der Waals surface area contributed by atoms with Crippen LogP contribution >= 0.6 is 0 Å². The van der Waals surface area contributed by atoms with Crippen molar-refractivity contribution >= 4 is 17.2 Å². The smallest absolute Gasteiger partial charge is 0.251 e. The highest BCUT2D eigenvalue weighted by molar-refractivity contribution is 5.95. The van der Waals surface area contributed by atoms with Crippen molar-refractivity contribution in [1.82, 2.24) is 19.9 Å². The van der Waals surface area contributed by atoms with Crippen LogP contribution in [0.25, 0.3) is 28.2 Å². The molecule has 6 rings (SSSR count). The summed E-state index contributed by atoms with van der Waals surface area (Å²) in [6, 6.07) is 19.5. The Balaban J connectivity index is 1.36. The lowest BCUT2D eigenvalue weighted by Gasteiger charge is -2.23. The van der Waals surface area contributed by atoms with Crippen molar-refractivity contribution in [1.29, 1.82) is 5.26 Å². The van der Waals surface area contributed by atoms with Crippen molar-refractivity contribution in [2.45, 2.75) is 31.7 Å². The number of hydrogen-bond donors (Lipinski definition) is 2. The van der Waals surface area contributed by atoms with E-state index in [4.69, 9.17) is 14.8 Å². The molecule has 186 valence electrons. The minimum absolute atomic E-state index is 0.0342. The third-order valence-electron chi connectivity index (χ3n) is 7.05. The standard InChI is InChI=1S/C29H28N6O2/c30-16-19-1-3-21(4-2-19)25-15-26(31-17-20-11-13-37-14-12-20)28-32-18-27(35(28)34-25)22-5-7-23(8-6-22)29(36)33-24-9-10-24/h1-8,15,18,20,24,31H,9-14,17H2,(H,33,36). The molecule has 1 aliphatic carbocycles. The maximum absolute atomic E-state index is 12.4. The zero-order valence-electron chi connectivity index (χ0n) is 20.5. The van der Waals surface area contributed by atoms with Crippen LogP contribution in [-0.2, 0) is 4.74 Å². The SMILES string of the molecule is N#Cc1ccc(-c2cc(NCC3CCOCC3)c3ncc(-c4ccc(C(=O)NC5CC5)cc4)n3n2)cc1. The number of rotatable bonds is 7. The zero-order chi connectivity index (χ0) is 25.2. The minimum atomic E-state index is -0.0342. The molecule has 2 aromatic heterocycles. The van der Waals surface area contributed by atoms with Crippen molar-refractivity contribution in [3.63, 3.8) is 0 Å². The number of hydrogen-bond acceptors (Lipinski definition) is 6. The van der Waals surface area contributed by atoms with E-state index >= 15 is 0 Å². The summed E-state index contributed by atoms with van der Waals surface area (Å²) in [5, 5.41) is 20.8. The van der Waals surface area contributed by atoms with Gasteiger partial charge >= 0.3 is 0 Å². The first-order valence-electron chi connectivity index (χ1n) is 12.8. The molecule has 0 spiro atoms. The van der Waals surface area contributed by atoms with Gasteiger partial charge in [0.1, 0.15) is 0 Å². The first-order valence-corrected chi connectivity index (χ1v) is 12.8. The summed E-state index contributed by atoms with van der Waals surface area (Å²) in [6.07, 6.45) is 6.02. The van der Waals surface area contributed by atoms with Gasteiger partial charge in [0.15, 0.2) is 5.65 Å². The Hall–Kier alpha value is -4.22. The second-order valence-corrected chi connectivity index (χ2v) is 9.77. The molecular weight excluding hydrogens is 464 g/mol. The van der Waals surface area contributed by atoms with E-state index < -0.39 is 0 Å². The van der Waals surface area contributed by atoms with Gasteiger partial charge in [0.25, 0.3) is 5.91 Å². The summed E-state index contributed by atoms with van der Waals surface area (Å²) < 4.78 is 7.37. The van der Waals surface area contributed by atoms with E-state index in [1.54, 1.807) is 12.1 Å². The van der Waals surface area contributed by atoms with Gasteiger partial charge in [-0.3, -0.25) is 4.79 Å². The number of anilines is 1. The monoisotopic (exact) mass is 492 g/mol. The number of fused-ring (bicyclic) bond motifs is 1. The van der Waals surface area contributed by atoms with Crippen LogP contribution in [0.4, 0.5) is 5.69 Å². The van der Waals surface area contributed by atoms with Crippen molar-refractivity contribution in [2.75, 3.05) is 25.1 Å². The van der Waals surface area contributed by atoms with Gasteiger partial charge in [-0.15, -0.1) is 0 Å². The van der Waals surface area contributed by atoms with Gasteiger partial charge in [-0.1, -0.05) is 24.3 Å². The van der Waals surface area contributed by atoms with Crippen LogP contribution in [0.1, 0.15) is 41.6 Å². The van der Waals surface area contributed by atoms with E-state index in [-0.39, 0.29) is 5.91 Å². The Morgan fingerprint density at radius 3 is 2.46 bits per heavy atom. The third kappa shape index (κ3) is 5.04. The predicted molar refractivity (Wildman–Crippen MR) is 141 cm³/mol. The fourth-order valence-electron chi connectivity index (χ4n) is 4.65. The second-order valence-electron chi connectivity index (χ2n) is 9.77. The fraction of sp³-hybridized carbons (Fsp3) is 0.310. The Morgan fingerprint density at radius 2 is 1.76 bits per heavy atom. The van der Waals surface area contributed by atoms with E-state index in [2.05, 4.69) is 16.7 Å². The van der Waals surface area contributed by atoms with Gasteiger partial charge < -0.3 is 15.4 Å². The number of carbonyl (C=O) groups excluding carboxylic acids is 1. The topological polar surface area (TPSA) is 104 Å². The molecule has 2 N–H and O–H groups in total. The Bertz CT molecular complexity index is 1460. The molecule has 1 saturated heterocycles. The number of nitrogens with zero attached hydrogens (tertiary/aromatic N) is 4. The van der Waals surface area contributed by atoms with Gasteiger partial charge in [-0.05, 0) is 61.9 Å². The Kier molecular flexibility index (Phi) is 6.29. The van der Waals surface area contributed by atoms with Crippen molar-refractivity contribution < 1.29 is 9.53 Å². The minimum Gasteiger partial charge on any atom is -0.382 e. The average molecular weight is 493 g/mol. The second kappa shape index (κ2) is 10.0. The number of carbonyl (C=O) groups is 1. The molecule has 1 aliphatic heterocycles. The third-order valence-corrected chi connectivity index (χ3v) is 7.05. The summed E-state index contributed by atoms with van der Waals surface area (Å²) >= 11 is 0. The number of ether oxygens (including phenoxy) is 1. The Morgan fingerprint density at radius 1 is 1.03 bits per heavy atom. The normalized spacial score (nSPS) is 15.9. The van der Waals surface area contributed by atoms with Crippen LogP contribution in [0.15, 0.2) is 60.8 Å². The zero-order valence-corrected chi connectivity index (χ0v) is 20.5. The molecule has 0 atom stereocenters. The molecule has 3 heterocycles. The van der Waals surface area contributed by atoms with Crippen molar-refractivity contribution in [3.8, 4) is 28.6 Å². The van der Waals surface area contributed by atoms with Crippen LogP contribution in [0.2, 0.25) is 0 Å². The highest BCUT2D eigenvalue weighted by atomic mass is 16.5. The molecule has 1 saturated carbocycles. The van der Waals surface area contributed by atoms with Gasteiger partial charge in [-0.2, -0.15) is 10.4 Å². The van der Waals surface area contributed by atoms with E-state index in [9.17, 15) is 10.1 Å².